The summed E-state index contributed by atoms with van der Waals surface area (Å²) in [5.74, 6) is 0.122. The maximum absolute atomic E-state index is 10.9. The van der Waals surface area contributed by atoms with Crippen LogP contribution in [0.3, 0.4) is 0 Å². The van der Waals surface area contributed by atoms with Crippen molar-refractivity contribution in [1.82, 2.24) is 4.98 Å². The summed E-state index contributed by atoms with van der Waals surface area (Å²) in [7, 11) is 0. The fourth-order valence-electron chi connectivity index (χ4n) is 2.74. The number of aliphatic hydroxyl groups is 1. The smallest absolute Gasteiger partial charge is 0.0972 e. The molecule has 1 aromatic carbocycles. The third-order valence-corrected chi connectivity index (χ3v) is 3.87. The second-order valence-corrected chi connectivity index (χ2v) is 4.89. The first kappa shape index (κ1) is 10.8. The summed E-state index contributed by atoms with van der Waals surface area (Å²) in [6.07, 6.45) is 2.58. The molecule has 90 valence electrons. The van der Waals surface area contributed by atoms with E-state index in [9.17, 15) is 5.11 Å². The molecule has 3 rings (SSSR count). The predicted octanol–water partition coefficient (Wildman–Crippen LogP) is 2.41. The van der Waals surface area contributed by atoms with E-state index in [1.54, 1.807) is 0 Å². The molecule has 0 saturated carbocycles. The first-order valence-corrected chi connectivity index (χ1v) is 6.08. The van der Waals surface area contributed by atoms with Crippen LogP contribution in [-0.4, -0.2) is 23.3 Å². The van der Waals surface area contributed by atoms with Crippen LogP contribution in [-0.2, 0) is 10.3 Å². The maximum atomic E-state index is 10.9. The van der Waals surface area contributed by atoms with Crippen molar-refractivity contribution in [3.63, 3.8) is 0 Å². The number of rotatable bonds is 1. The van der Waals surface area contributed by atoms with Crippen LogP contribution in [0.4, 0.5) is 0 Å². The van der Waals surface area contributed by atoms with Gasteiger partial charge in [-0.15, -0.1) is 0 Å². The highest BCUT2D eigenvalue weighted by molar-refractivity contribution is 5.83. The average molecular weight is 231 g/mol. The molecule has 17 heavy (non-hydrogen) atoms. The lowest BCUT2D eigenvalue weighted by atomic mass is 9.78. The standard InChI is InChI=1S/C14H17NO2/c1-10-9-17-8-6-14(10,16)12-3-2-4-13-11(12)5-7-15-13/h2-5,7,10,15-16H,6,8-9H2,1H3. The average Bonchev–Trinajstić information content (AvgIpc) is 2.81. The van der Waals surface area contributed by atoms with Gasteiger partial charge in [-0.1, -0.05) is 19.1 Å². The van der Waals surface area contributed by atoms with Gasteiger partial charge in [-0.05, 0) is 17.7 Å². The summed E-state index contributed by atoms with van der Waals surface area (Å²) in [4.78, 5) is 3.19. The molecular formula is C14H17NO2. The van der Waals surface area contributed by atoms with E-state index < -0.39 is 5.60 Å². The third kappa shape index (κ3) is 1.58. The molecule has 1 aromatic heterocycles. The van der Waals surface area contributed by atoms with Gasteiger partial charge >= 0.3 is 0 Å². The first-order chi connectivity index (χ1) is 8.22. The summed E-state index contributed by atoms with van der Waals surface area (Å²) in [6.45, 7) is 3.30. The van der Waals surface area contributed by atoms with E-state index in [1.807, 2.05) is 37.4 Å². The van der Waals surface area contributed by atoms with Gasteiger partial charge in [0.05, 0.1) is 12.2 Å². The third-order valence-electron chi connectivity index (χ3n) is 3.87. The SMILES string of the molecule is CC1COCCC1(O)c1cccc2[nH]ccc12. The summed E-state index contributed by atoms with van der Waals surface area (Å²) in [5, 5.41) is 12.0. The van der Waals surface area contributed by atoms with Crippen molar-refractivity contribution in [2.24, 2.45) is 5.92 Å². The Bertz CT molecular complexity index is 534. The fraction of sp³-hybridized carbons (Fsp3) is 0.429. The molecule has 2 heterocycles. The molecule has 3 nitrogen and oxygen atoms in total. The number of hydrogen-bond donors (Lipinski definition) is 2. The zero-order valence-corrected chi connectivity index (χ0v) is 9.94. The molecule has 2 unspecified atom stereocenters. The molecule has 1 saturated heterocycles. The minimum atomic E-state index is -0.764. The van der Waals surface area contributed by atoms with Gasteiger partial charge in [-0.3, -0.25) is 0 Å². The van der Waals surface area contributed by atoms with Crippen LogP contribution in [0.15, 0.2) is 30.5 Å². The van der Waals surface area contributed by atoms with Gasteiger partial charge in [-0.25, -0.2) is 0 Å². The van der Waals surface area contributed by atoms with Crippen LogP contribution in [0, 0.1) is 5.92 Å². The Hall–Kier alpha value is -1.32. The van der Waals surface area contributed by atoms with E-state index >= 15 is 0 Å². The number of fused-ring (bicyclic) bond motifs is 1. The van der Waals surface area contributed by atoms with Gasteiger partial charge in [0, 0.05) is 36.0 Å². The lowest BCUT2D eigenvalue weighted by molar-refractivity contribution is -0.110. The molecule has 0 aliphatic carbocycles. The summed E-state index contributed by atoms with van der Waals surface area (Å²) in [5.41, 5.74) is 1.33. The summed E-state index contributed by atoms with van der Waals surface area (Å²) < 4.78 is 5.42. The summed E-state index contributed by atoms with van der Waals surface area (Å²) in [6, 6.07) is 8.09. The van der Waals surface area contributed by atoms with E-state index in [4.69, 9.17) is 4.74 Å². The van der Waals surface area contributed by atoms with Gasteiger partial charge in [0.15, 0.2) is 0 Å². The monoisotopic (exact) mass is 231 g/mol. The Morgan fingerprint density at radius 3 is 3.12 bits per heavy atom. The van der Waals surface area contributed by atoms with Gasteiger partial charge in [0.1, 0.15) is 0 Å². The van der Waals surface area contributed by atoms with Crippen LogP contribution in [0.5, 0.6) is 0 Å². The van der Waals surface area contributed by atoms with Crippen molar-refractivity contribution >= 4 is 10.9 Å². The highest BCUT2D eigenvalue weighted by Crippen LogP contribution is 2.39. The van der Waals surface area contributed by atoms with Gasteiger partial charge < -0.3 is 14.8 Å². The molecule has 2 atom stereocenters. The van der Waals surface area contributed by atoms with E-state index in [2.05, 4.69) is 4.98 Å². The molecule has 0 spiro atoms. The lowest BCUT2D eigenvalue weighted by Crippen LogP contribution is -2.41. The van der Waals surface area contributed by atoms with Crippen LogP contribution >= 0.6 is 0 Å². The number of benzene rings is 1. The van der Waals surface area contributed by atoms with Crippen LogP contribution in [0.1, 0.15) is 18.9 Å². The Balaban J connectivity index is 2.16. The number of nitrogens with one attached hydrogen (secondary N) is 1. The molecule has 2 N–H and O–H groups in total. The number of H-pyrrole nitrogens is 1. The largest absolute Gasteiger partial charge is 0.385 e. The molecule has 1 fully saturated rings. The Morgan fingerprint density at radius 1 is 1.41 bits per heavy atom. The van der Waals surface area contributed by atoms with Crippen LogP contribution in [0.25, 0.3) is 10.9 Å². The normalized spacial score (nSPS) is 29.6. The Morgan fingerprint density at radius 2 is 2.29 bits per heavy atom. The van der Waals surface area contributed by atoms with Crippen molar-refractivity contribution in [3.05, 3.63) is 36.0 Å². The molecular weight excluding hydrogens is 214 g/mol. The van der Waals surface area contributed by atoms with Crippen LogP contribution in [0.2, 0.25) is 0 Å². The van der Waals surface area contributed by atoms with Crippen molar-refractivity contribution in [2.75, 3.05) is 13.2 Å². The van der Waals surface area contributed by atoms with Crippen LogP contribution < -0.4 is 0 Å². The molecule has 1 aliphatic rings. The van der Waals surface area contributed by atoms with Crippen molar-refractivity contribution < 1.29 is 9.84 Å². The minimum Gasteiger partial charge on any atom is -0.385 e. The molecule has 0 amide bonds. The molecule has 2 aromatic rings. The van der Waals surface area contributed by atoms with E-state index in [0.29, 0.717) is 19.6 Å². The Labute approximate surface area is 100 Å². The topological polar surface area (TPSA) is 45.2 Å². The Kier molecular flexibility index (Phi) is 2.45. The lowest BCUT2D eigenvalue weighted by Gasteiger charge is -2.38. The molecule has 3 heteroatoms. The van der Waals surface area contributed by atoms with E-state index in [0.717, 1.165) is 16.5 Å². The van der Waals surface area contributed by atoms with Gasteiger partial charge in [0.2, 0.25) is 0 Å². The number of ether oxygens (including phenoxy) is 1. The highest BCUT2D eigenvalue weighted by atomic mass is 16.5. The zero-order valence-electron chi connectivity index (χ0n) is 9.94. The fourth-order valence-corrected chi connectivity index (χ4v) is 2.74. The molecule has 1 aliphatic heterocycles. The number of aromatic nitrogens is 1. The van der Waals surface area contributed by atoms with Gasteiger partial charge in [-0.2, -0.15) is 0 Å². The predicted molar refractivity (Wildman–Crippen MR) is 66.8 cm³/mol. The van der Waals surface area contributed by atoms with E-state index in [1.165, 1.54) is 0 Å². The second kappa shape index (κ2) is 3.86. The number of aromatic amines is 1. The molecule has 0 bridgehead atoms. The zero-order chi connectivity index (χ0) is 11.9. The maximum Gasteiger partial charge on any atom is 0.0972 e. The van der Waals surface area contributed by atoms with Gasteiger partial charge in [0.25, 0.3) is 0 Å². The quantitative estimate of drug-likeness (QED) is 0.791. The highest BCUT2D eigenvalue weighted by Gasteiger charge is 2.39. The van der Waals surface area contributed by atoms with Crippen molar-refractivity contribution in [2.45, 2.75) is 18.9 Å². The number of hydrogen-bond acceptors (Lipinski definition) is 2. The van der Waals surface area contributed by atoms with Crippen molar-refractivity contribution in [3.8, 4) is 0 Å². The summed E-state index contributed by atoms with van der Waals surface area (Å²) >= 11 is 0. The second-order valence-electron chi connectivity index (χ2n) is 4.89. The first-order valence-electron chi connectivity index (χ1n) is 6.08. The minimum absolute atomic E-state index is 0.122. The van der Waals surface area contributed by atoms with Crippen molar-refractivity contribution in [1.29, 1.82) is 0 Å². The van der Waals surface area contributed by atoms with E-state index in [-0.39, 0.29) is 5.92 Å². The molecule has 0 radical (unpaired) electrons.